The summed E-state index contributed by atoms with van der Waals surface area (Å²) < 4.78 is 5.16. The van der Waals surface area contributed by atoms with Crippen molar-refractivity contribution < 1.29 is 9.84 Å². The van der Waals surface area contributed by atoms with E-state index in [2.05, 4.69) is 4.98 Å². The lowest BCUT2D eigenvalue weighted by Crippen LogP contribution is -2.22. The topological polar surface area (TPSA) is 42.4 Å². The van der Waals surface area contributed by atoms with Crippen molar-refractivity contribution in [3.8, 4) is 17.0 Å². The van der Waals surface area contributed by atoms with Crippen LogP contribution in [0.4, 0.5) is 0 Å². The molecule has 0 aliphatic heterocycles. The number of aromatic nitrogens is 1. The fraction of sp³-hybridized carbons (Fsp3) is 0.167. The standard InChI is InChI=1S/C18H17NO2S/c1-18(20,14-6-4-3-5-7-14)17-19-16(12-22-17)13-8-10-15(21-2)11-9-13/h3-12,20H,1-2H3. The fourth-order valence-corrected chi connectivity index (χ4v) is 3.19. The number of methoxy groups -OCH3 is 1. The first kappa shape index (κ1) is 14.8. The zero-order valence-corrected chi connectivity index (χ0v) is 13.3. The zero-order valence-electron chi connectivity index (χ0n) is 12.5. The average molecular weight is 311 g/mol. The summed E-state index contributed by atoms with van der Waals surface area (Å²) in [7, 11) is 1.65. The first-order valence-electron chi connectivity index (χ1n) is 6.99. The molecule has 0 fully saturated rings. The molecule has 3 rings (SSSR count). The van der Waals surface area contributed by atoms with Crippen molar-refractivity contribution in [2.45, 2.75) is 12.5 Å². The minimum absolute atomic E-state index is 0.685. The monoisotopic (exact) mass is 311 g/mol. The maximum atomic E-state index is 10.8. The van der Waals surface area contributed by atoms with Gasteiger partial charge in [0, 0.05) is 10.9 Å². The second kappa shape index (κ2) is 5.91. The molecule has 0 bridgehead atoms. The van der Waals surface area contributed by atoms with Gasteiger partial charge in [0.15, 0.2) is 0 Å². The lowest BCUT2D eigenvalue weighted by atomic mass is 9.97. The van der Waals surface area contributed by atoms with Gasteiger partial charge in [-0.1, -0.05) is 30.3 Å². The molecule has 1 N–H and O–H groups in total. The minimum Gasteiger partial charge on any atom is -0.497 e. The molecule has 22 heavy (non-hydrogen) atoms. The third-order valence-electron chi connectivity index (χ3n) is 3.64. The molecule has 0 spiro atoms. The van der Waals surface area contributed by atoms with Gasteiger partial charge in [0.25, 0.3) is 0 Å². The van der Waals surface area contributed by atoms with E-state index in [-0.39, 0.29) is 0 Å². The van der Waals surface area contributed by atoms with Crippen molar-refractivity contribution in [2.24, 2.45) is 0 Å². The summed E-state index contributed by atoms with van der Waals surface area (Å²) >= 11 is 1.46. The maximum absolute atomic E-state index is 10.8. The number of hydrogen-bond donors (Lipinski definition) is 1. The van der Waals surface area contributed by atoms with Crippen molar-refractivity contribution in [1.82, 2.24) is 4.98 Å². The highest BCUT2D eigenvalue weighted by Gasteiger charge is 2.29. The van der Waals surface area contributed by atoms with E-state index in [1.54, 1.807) is 14.0 Å². The predicted octanol–water partition coefficient (Wildman–Crippen LogP) is 4.07. The van der Waals surface area contributed by atoms with E-state index in [1.807, 2.05) is 60.0 Å². The van der Waals surface area contributed by atoms with Crippen molar-refractivity contribution in [2.75, 3.05) is 7.11 Å². The molecule has 1 heterocycles. The van der Waals surface area contributed by atoms with Crippen LogP contribution < -0.4 is 4.74 Å². The van der Waals surface area contributed by atoms with Crippen LogP contribution in [0, 0.1) is 0 Å². The summed E-state index contributed by atoms with van der Waals surface area (Å²) in [5, 5.41) is 13.5. The van der Waals surface area contributed by atoms with E-state index in [9.17, 15) is 5.11 Å². The summed E-state index contributed by atoms with van der Waals surface area (Å²) in [5.41, 5.74) is 1.62. The molecule has 0 aliphatic carbocycles. The number of rotatable bonds is 4. The highest BCUT2D eigenvalue weighted by atomic mass is 32.1. The molecule has 0 saturated heterocycles. The molecule has 3 nitrogen and oxygen atoms in total. The molecule has 3 aromatic rings. The molecule has 0 radical (unpaired) electrons. The number of ether oxygens (including phenoxy) is 1. The number of benzene rings is 2. The van der Waals surface area contributed by atoms with Crippen molar-refractivity contribution >= 4 is 11.3 Å². The van der Waals surface area contributed by atoms with Gasteiger partial charge in [0.2, 0.25) is 0 Å². The van der Waals surface area contributed by atoms with Crippen LogP contribution in [-0.2, 0) is 5.60 Å². The molecule has 0 amide bonds. The van der Waals surface area contributed by atoms with E-state index < -0.39 is 5.60 Å². The van der Waals surface area contributed by atoms with Crippen LogP contribution in [0.25, 0.3) is 11.3 Å². The average Bonchev–Trinajstić information content (AvgIpc) is 3.06. The minimum atomic E-state index is -1.09. The quantitative estimate of drug-likeness (QED) is 0.789. The Morgan fingerprint density at radius 1 is 1.05 bits per heavy atom. The fourth-order valence-electron chi connectivity index (χ4n) is 2.28. The molecule has 1 aromatic heterocycles. The highest BCUT2D eigenvalue weighted by Crippen LogP contribution is 2.34. The van der Waals surface area contributed by atoms with Crippen LogP contribution in [0.1, 0.15) is 17.5 Å². The van der Waals surface area contributed by atoms with Gasteiger partial charge >= 0.3 is 0 Å². The van der Waals surface area contributed by atoms with Gasteiger partial charge in [-0.05, 0) is 36.8 Å². The summed E-state index contributed by atoms with van der Waals surface area (Å²) in [6, 6.07) is 17.3. The van der Waals surface area contributed by atoms with E-state index >= 15 is 0 Å². The van der Waals surface area contributed by atoms with Gasteiger partial charge in [-0.3, -0.25) is 0 Å². The van der Waals surface area contributed by atoms with Gasteiger partial charge in [-0.15, -0.1) is 11.3 Å². The van der Waals surface area contributed by atoms with Crippen molar-refractivity contribution in [3.05, 3.63) is 70.5 Å². The Morgan fingerprint density at radius 3 is 2.36 bits per heavy atom. The SMILES string of the molecule is COc1ccc(-c2csc(C(C)(O)c3ccccc3)n2)cc1. The normalized spacial score (nSPS) is 13.6. The Morgan fingerprint density at radius 2 is 1.73 bits per heavy atom. The molecule has 2 aromatic carbocycles. The molecule has 0 aliphatic rings. The lowest BCUT2D eigenvalue weighted by Gasteiger charge is -2.20. The number of thiazole rings is 1. The van der Waals surface area contributed by atoms with Crippen LogP contribution in [-0.4, -0.2) is 17.2 Å². The third kappa shape index (κ3) is 2.75. The molecule has 1 unspecified atom stereocenters. The largest absolute Gasteiger partial charge is 0.497 e. The van der Waals surface area contributed by atoms with E-state index in [4.69, 9.17) is 4.74 Å². The lowest BCUT2D eigenvalue weighted by molar-refractivity contribution is 0.102. The van der Waals surface area contributed by atoms with E-state index in [0.717, 1.165) is 22.6 Å². The Labute approximate surface area is 133 Å². The maximum Gasteiger partial charge on any atom is 0.138 e. The molecule has 112 valence electrons. The highest BCUT2D eigenvalue weighted by molar-refractivity contribution is 7.10. The first-order chi connectivity index (χ1) is 10.6. The van der Waals surface area contributed by atoms with E-state index in [1.165, 1.54) is 11.3 Å². The molecule has 0 saturated carbocycles. The Kier molecular flexibility index (Phi) is 3.96. The molecular formula is C18H17NO2S. The van der Waals surface area contributed by atoms with Crippen LogP contribution in [0.3, 0.4) is 0 Å². The van der Waals surface area contributed by atoms with Gasteiger partial charge in [0.05, 0.1) is 12.8 Å². The molecule has 4 heteroatoms. The predicted molar refractivity (Wildman–Crippen MR) is 89.2 cm³/mol. The van der Waals surface area contributed by atoms with Gasteiger partial charge in [-0.25, -0.2) is 4.98 Å². The number of hydrogen-bond acceptors (Lipinski definition) is 4. The van der Waals surface area contributed by atoms with E-state index in [0.29, 0.717) is 5.01 Å². The van der Waals surface area contributed by atoms with Crippen molar-refractivity contribution in [3.63, 3.8) is 0 Å². The van der Waals surface area contributed by atoms with Crippen molar-refractivity contribution in [1.29, 1.82) is 0 Å². The summed E-state index contributed by atoms with van der Waals surface area (Å²) in [6.07, 6.45) is 0. The van der Waals surface area contributed by atoms with Crippen LogP contribution in [0.2, 0.25) is 0 Å². The van der Waals surface area contributed by atoms with Crippen LogP contribution in [0.5, 0.6) is 5.75 Å². The Balaban J connectivity index is 1.93. The summed E-state index contributed by atoms with van der Waals surface area (Å²) in [4.78, 5) is 4.61. The third-order valence-corrected chi connectivity index (χ3v) is 4.70. The summed E-state index contributed by atoms with van der Waals surface area (Å²) in [6.45, 7) is 1.78. The number of aliphatic hydroxyl groups is 1. The van der Waals surface area contributed by atoms with Crippen LogP contribution in [0.15, 0.2) is 60.0 Å². The Hall–Kier alpha value is -2.17. The van der Waals surface area contributed by atoms with Gasteiger partial charge < -0.3 is 9.84 Å². The van der Waals surface area contributed by atoms with Gasteiger partial charge in [-0.2, -0.15) is 0 Å². The molecular weight excluding hydrogens is 294 g/mol. The Bertz CT molecular complexity index is 748. The second-order valence-corrected chi connectivity index (χ2v) is 6.06. The zero-order chi connectivity index (χ0) is 15.6. The molecule has 1 atom stereocenters. The summed E-state index contributed by atoms with van der Waals surface area (Å²) in [5.74, 6) is 0.815. The van der Waals surface area contributed by atoms with Gasteiger partial charge in [0.1, 0.15) is 16.4 Å². The smallest absolute Gasteiger partial charge is 0.138 e. The second-order valence-electron chi connectivity index (χ2n) is 5.20. The first-order valence-corrected chi connectivity index (χ1v) is 7.87. The van der Waals surface area contributed by atoms with Crippen LogP contribution >= 0.6 is 11.3 Å². The number of nitrogens with zero attached hydrogens (tertiary/aromatic N) is 1.